The van der Waals surface area contributed by atoms with Crippen LogP contribution in [0.3, 0.4) is 0 Å². The summed E-state index contributed by atoms with van der Waals surface area (Å²) in [5, 5.41) is 2.96. The molecule has 0 aliphatic rings. The average molecular weight is 574 g/mol. The third-order valence-corrected chi connectivity index (χ3v) is 7.27. The molecule has 0 aliphatic heterocycles. The van der Waals surface area contributed by atoms with E-state index in [1.807, 2.05) is 44.2 Å². The second-order valence-corrected chi connectivity index (χ2v) is 10.2. The van der Waals surface area contributed by atoms with Crippen LogP contribution in [-0.2, 0) is 11.3 Å². The number of primary amides is 1. The Hall–Kier alpha value is -4.90. The standard InChI is InChI=1S/C30H31N5O5S/c1-17-13-18(2)15-21(14-17)35(30(38)27-24(31)25(28(32)36)34-41-27)26(20-7-11-23(40-4)12-8-20)29(37)33-16-19-5-9-22(39-3)10-6-19/h5-15,26H,16,31H2,1-4H3,(H2,32,36)(H,33,37). The van der Waals surface area contributed by atoms with Crippen molar-refractivity contribution in [2.75, 3.05) is 24.9 Å². The topological polar surface area (TPSA) is 150 Å². The van der Waals surface area contributed by atoms with Crippen molar-refractivity contribution in [3.63, 3.8) is 0 Å². The minimum absolute atomic E-state index is 0.000532. The van der Waals surface area contributed by atoms with E-state index in [4.69, 9.17) is 20.9 Å². The summed E-state index contributed by atoms with van der Waals surface area (Å²) in [4.78, 5) is 41.5. The molecule has 0 aliphatic carbocycles. The maximum absolute atomic E-state index is 14.3. The summed E-state index contributed by atoms with van der Waals surface area (Å²) < 4.78 is 14.5. The summed E-state index contributed by atoms with van der Waals surface area (Å²) in [5.74, 6) is -0.595. The molecule has 0 saturated carbocycles. The molecule has 0 bridgehead atoms. The van der Waals surface area contributed by atoms with Gasteiger partial charge in [0, 0.05) is 12.2 Å². The zero-order valence-corrected chi connectivity index (χ0v) is 24.0. The maximum Gasteiger partial charge on any atom is 0.273 e. The summed E-state index contributed by atoms with van der Waals surface area (Å²) in [6.07, 6.45) is 0. The minimum Gasteiger partial charge on any atom is -0.497 e. The van der Waals surface area contributed by atoms with Gasteiger partial charge in [-0.3, -0.25) is 19.3 Å². The number of carbonyl (C=O) groups excluding carboxylic acids is 3. The molecule has 1 heterocycles. The third-order valence-electron chi connectivity index (χ3n) is 6.42. The Morgan fingerprint density at radius 1 is 0.927 bits per heavy atom. The van der Waals surface area contributed by atoms with Crippen LogP contribution in [0.5, 0.6) is 11.5 Å². The molecule has 3 amide bonds. The Balaban J connectivity index is 1.83. The van der Waals surface area contributed by atoms with Crippen molar-refractivity contribution in [1.82, 2.24) is 9.69 Å². The van der Waals surface area contributed by atoms with Gasteiger partial charge in [-0.15, -0.1) is 0 Å². The fourth-order valence-corrected chi connectivity index (χ4v) is 5.19. The summed E-state index contributed by atoms with van der Waals surface area (Å²) in [6, 6.07) is 18.6. The van der Waals surface area contributed by atoms with Gasteiger partial charge < -0.3 is 26.3 Å². The number of aryl methyl sites for hydroxylation is 2. The number of nitrogens with one attached hydrogen (secondary N) is 1. The van der Waals surface area contributed by atoms with Gasteiger partial charge in [-0.2, -0.15) is 4.37 Å². The van der Waals surface area contributed by atoms with E-state index in [0.717, 1.165) is 28.2 Å². The normalized spacial score (nSPS) is 11.4. The number of amides is 3. The molecule has 4 rings (SSSR count). The molecule has 5 N–H and O–H groups in total. The lowest BCUT2D eigenvalue weighted by atomic mass is 10.0. The van der Waals surface area contributed by atoms with Gasteiger partial charge in [0.1, 0.15) is 22.4 Å². The van der Waals surface area contributed by atoms with Crippen LogP contribution in [-0.4, -0.2) is 36.3 Å². The molecule has 1 unspecified atom stereocenters. The number of rotatable bonds is 10. The lowest BCUT2D eigenvalue weighted by Crippen LogP contribution is -2.44. The number of nitrogens with two attached hydrogens (primary N) is 2. The molecule has 0 fully saturated rings. The van der Waals surface area contributed by atoms with Crippen LogP contribution in [0, 0.1) is 13.8 Å². The van der Waals surface area contributed by atoms with Crippen molar-refractivity contribution in [1.29, 1.82) is 0 Å². The van der Waals surface area contributed by atoms with Crippen molar-refractivity contribution < 1.29 is 23.9 Å². The van der Waals surface area contributed by atoms with Crippen LogP contribution < -0.4 is 31.2 Å². The summed E-state index contributed by atoms with van der Waals surface area (Å²) in [6.45, 7) is 4.01. The molecular formula is C30H31N5O5S. The molecule has 41 heavy (non-hydrogen) atoms. The zero-order chi connectivity index (χ0) is 29.7. The summed E-state index contributed by atoms with van der Waals surface area (Å²) >= 11 is 0.757. The molecule has 10 nitrogen and oxygen atoms in total. The Morgan fingerprint density at radius 3 is 2.00 bits per heavy atom. The lowest BCUT2D eigenvalue weighted by Gasteiger charge is -2.32. The number of nitrogens with zero attached hydrogens (tertiary/aromatic N) is 2. The number of hydrogen-bond acceptors (Lipinski definition) is 8. The molecule has 1 atom stereocenters. The van der Waals surface area contributed by atoms with Crippen LogP contribution >= 0.6 is 11.5 Å². The van der Waals surface area contributed by atoms with E-state index in [-0.39, 0.29) is 22.8 Å². The third kappa shape index (κ3) is 6.47. The molecule has 11 heteroatoms. The van der Waals surface area contributed by atoms with Gasteiger partial charge in [0.15, 0.2) is 5.69 Å². The molecule has 4 aromatic rings. The predicted octanol–water partition coefficient (Wildman–Crippen LogP) is 4.16. The maximum atomic E-state index is 14.3. The first-order chi connectivity index (χ1) is 19.6. The number of aromatic nitrogens is 1. The Kier molecular flexibility index (Phi) is 8.88. The van der Waals surface area contributed by atoms with Crippen molar-refractivity contribution in [2.45, 2.75) is 26.4 Å². The van der Waals surface area contributed by atoms with Gasteiger partial charge in [0.05, 0.1) is 19.9 Å². The van der Waals surface area contributed by atoms with Crippen LogP contribution in [0.15, 0.2) is 66.7 Å². The van der Waals surface area contributed by atoms with E-state index in [1.165, 1.54) is 4.90 Å². The number of nitrogen functional groups attached to an aromatic ring is 1. The van der Waals surface area contributed by atoms with Gasteiger partial charge in [-0.1, -0.05) is 30.3 Å². The van der Waals surface area contributed by atoms with Gasteiger partial charge in [0.25, 0.3) is 11.8 Å². The molecule has 0 spiro atoms. The summed E-state index contributed by atoms with van der Waals surface area (Å²) in [5.41, 5.74) is 14.9. The Morgan fingerprint density at radius 2 is 1.49 bits per heavy atom. The highest BCUT2D eigenvalue weighted by Gasteiger charge is 2.36. The number of anilines is 2. The van der Waals surface area contributed by atoms with Crippen molar-refractivity contribution >= 4 is 40.6 Å². The van der Waals surface area contributed by atoms with Gasteiger partial charge in [-0.25, -0.2) is 0 Å². The molecule has 0 saturated heterocycles. The number of ether oxygens (including phenoxy) is 2. The largest absolute Gasteiger partial charge is 0.497 e. The molecule has 212 valence electrons. The Labute approximate surface area is 242 Å². The first kappa shape index (κ1) is 29.1. The van der Waals surface area contributed by atoms with Crippen molar-refractivity contribution in [2.24, 2.45) is 5.73 Å². The van der Waals surface area contributed by atoms with Crippen LogP contribution in [0.25, 0.3) is 0 Å². The average Bonchev–Trinajstić information content (AvgIpc) is 3.35. The number of methoxy groups -OCH3 is 2. The van der Waals surface area contributed by atoms with E-state index >= 15 is 0 Å². The zero-order valence-electron chi connectivity index (χ0n) is 23.1. The van der Waals surface area contributed by atoms with Crippen LogP contribution in [0.4, 0.5) is 11.4 Å². The van der Waals surface area contributed by atoms with E-state index in [0.29, 0.717) is 22.7 Å². The first-order valence-corrected chi connectivity index (χ1v) is 13.4. The van der Waals surface area contributed by atoms with E-state index < -0.39 is 23.8 Å². The molecular weight excluding hydrogens is 542 g/mol. The van der Waals surface area contributed by atoms with Crippen LogP contribution in [0.2, 0.25) is 0 Å². The number of carbonyl (C=O) groups is 3. The van der Waals surface area contributed by atoms with Crippen molar-refractivity contribution in [3.8, 4) is 11.5 Å². The second kappa shape index (κ2) is 12.5. The van der Waals surface area contributed by atoms with E-state index in [2.05, 4.69) is 9.69 Å². The molecule has 1 aromatic heterocycles. The van der Waals surface area contributed by atoms with E-state index in [9.17, 15) is 14.4 Å². The predicted molar refractivity (Wildman–Crippen MR) is 158 cm³/mol. The van der Waals surface area contributed by atoms with Gasteiger partial charge in [-0.05, 0) is 84.0 Å². The highest BCUT2D eigenvalue weighted by Crippen LogP contribution is 2.34. The lowest BCUT2D eigenvalue weighted by molar-refractivity contribution is -0.122. The second-order valence-electron chi connectivity index (χ2n) is 9.40. The Bertz CT molecular complexity index is 1550. The quantitative estimate of drug-likeness (QED) is 0.258. The number of hydrogen-bond donors (Lipinski definition) is 3. The molecule has 0 radical (unpaired) electrons. The van der Waals surface area contributed by atoms with E-state index in [1.54, 1.807) is 50.6 Å². The minimum atomic E-state index is -1.12. The fourth-order valence-electron chi connectivity index (χ4n) is 4.44. The van der Waals surface area contributed by atoms with Crippen LogP contribution in [0.1, 0.15) is 48.5 Å². The smallest absolute Gasteiger partial charge is 0.273 e. The number of benzene rings is 3. The monoisotopic (exact) mass is 573 g/mol. The molecule has 3 aromatic carbocycles. The van der Waals surface area contributed by atoms with Gasteiger partial charge in [0.2, 0.25) is 5.91 Å². The summed E-state index contributed by atoms with van der Waals surface area (Å²) in [7, 11) is 3.12. The fraction of sp³-hybridized carbons (Fsp3) is 0.200. The highest BCUT2D eigenvalue weighted by atomic mass is 32.1. The SMILES string of the molecule is COc1ccc(CNC(=O)C(c2ccc(OC)cc2)N(C(=O)c2snc(C(N)=O)c2N)c2cc(C)cc(C)c2)cc1. The highest BCUT2D eigenvalue weighted by molar-refractivity contribution is 7.09. The van der Waals surface area contributed by atoms with Crippen molar-refractivity contribution in [3.05, 3.63) is 99.6 Å². The van der Waals surface area contributed by atoms with Gasteiger partial charge >= 0.3 is 0 Å². The first-order valence-electron chi connectivity index (χ1n) is 12.6.